The molecular formula is C15H18N6. The van der Waals surface area contributed by atoms with Gasteiger partial charge >= 0.3 is 0 Å². The number of rotatable bonds is 2. The summed E-state index contributed by atoms with van der Waals surface area (Å²) in [5.41, 5.74) is 8.76. The summed E-state index contributed by atoms with van der Waals surface area (Å²) in [7, 11) is 0. The fourth-order valence-electron chi connectivity index (χ4n) is 3.00. The molecule has 3 aromatic rings. The fraction of sp³-hybridized carbons (Fsp3) is 0.333. The molecule has 0 aliphatic carbocycles. The Balaban J connectivity index is 1.85. The number of nitrogens with one attached hydrogen (secondary N) is 1. The molecule has 2 aromatic heterocycles. The molecule has 0 amide bonds. The molecule has 3 heterocycles. The number of nitrogens with zero attached hydrogens (tertiary/aromatic N) is 4. The normalized spacial score (nSPS) is 17.7. The number of nitrogen functional groups attached to an aromatic ring is 1. The summed E-state index contributed by atoms with van der Waals surface area (Å²) < 4.78 is 4.03. The molecule has 3 N–H and O–H groups in total. The summed E-state index contributed by atoms with van der Waals surface area (Å²) in [5, 5.41) is 13.7. The van der Waals surface area contributed by atoms with Crippen LogP contribution < -0.4 is 11.1 Å². The Labute approximate surface area is 122 Å². The van der Waals surface area contributed by atoms with Gasteiger partial charge in [0.2, 0.25) is 0 Å². The van der Waals surface area contributed by atoms with E-state index in [0.29, 0.717) is 0 Å². The van der Waals surface area contributed by atoms with Gasteiger partial charge in [0.25, 0.3) is 0 Å². The molecule has 1 aromatic carbocycles. The summed E-state index contributed by atoms with van der Waals surface area (Å²) in [4.78, 5) is 0. The molecule has 1 atom stereocenters. The maximum atomic E-state index is 5.87. The van der Waals surface area contributed by atoms with E-state index in [4.69, 9.17) is 10.8 Å². The Bertz CT molecular complexity index is 800. The third-order valence-electron chi connectivity index (χ3n) is 4.09. The second-order valence-corrected chi connectivity index (χ2v) is 5.43. The highest BCUT2D eigenvalue weighted by molar-refractivity contribution is 5.92. The first kappa shape index (κ1) is 12.3. The minimum Gasteiger partial charge on any atom is -0.399 e. The van der Waals surface area contributed by atoms with E-state index in [-0.39, 0.29) is 6.04 Å². The molecule has 0 radical (unpaired) electrons. The molecule has 4 rings (SSSR count). The zero-order valence-corrected chi connectivity index (χ0v) is 12.0. The molecule has 108 valence electrons. The fourth-order valence-corrected chi connectivity index (χ4v) is 3.00. The van der Waals surface area contributed by atoms with Crippen LogP contribution in [0.3, 0.4) is 0 Å². The van der Waals surface area contributed by atoms with E-state index in [1.807, 2.05) is 29.1 Å². The van der Waals surface area contributed by atoms with Crippen LogP contribution in [0.1, 0.15) is 24.9 Å². The molecule has 0 bridgehead atoms. The van der Waals surface area contributed by atoms with Crippen LogP contribution in [0, 0.1) is 0 Å². The van der Waals surface area contributed by atoms with Crippen molar-refractivity contribution in [1.82, 2.24) is 19.6 Å². The van der Waals surface area contributed by atoms with Gasteiger partial charge in [-0.1, -0.05) is 0 Å². The van der Waals surface area contributed by atoms with Gasteiger partial charge in [0.05, 0.1) is 17.8 Å². The van der Waals surface area contributed by atoms with Crippen LogP contribution in [0.2, 0.25) is 0 Å². The van der Waals surface area contributed by atoms with E-state index in [1.54, 1.807) is 0 Å². The summed E-state index contributed by atoms with van der Waals surface area (Å²) in [6.07, 6.45) is 5.07. The smallest absolute Gasteiger partial charge is 0.132 e. The largest absolute Gasteiger partial charge is 0.399 e. The van der Waals surface area contributed by atoms with Gasteiger partial charge < -0.3 is 11.1 Å². The maximum absolute atomic E-state index is 5.87. The van der Waals surface area contributed by atoms with Crippen molar-refractivity contribution in [2.45, 2.75) is 25.9 Å². The number of nitrogens with two attached hydrogens (primary N) is 1. The SMILES string of the molecule is CCn1cc(C2CCNc3c4ccc(N)cc4nn32)cn1. The third kappa shape index (κ3) is 1.86. The average molecular weight is 282 g/mol. The molecule has 0 fully saturated rings. The number of fused-ring (bicyclic) bond motifs is 3. The number of aryl methyl sites for hydroxylation is 1. The predicted molar refractivity (Wildman–Crippen MR) is 83.3 cm³/mol. The lowest BCUT2D eigenvalue weighted by molar-refractivity contribution is 0.485. The highest BCUT2D eigenvalue weighted by atomic mass is 15.4. The summed E-state index contributed by atoms with van der Waals surface area (Å²) in [5.74, 6) is 1.07. The van der Waals surface area contributed by atoms with Crippen LogP contribution in [0.4, 0.5) is 11.5 Å². The number of aromatic nitrogens is 4. The standard InChI is InChI=1S/C15H18N6/c1-2-20-9-10(8-18-20)14-5-6-17-15-12-4-3-11(16)7-13(12)19-21(14)15/h3-4,7-9,14,17H,2,5-6,16H2,1H3. The molecule has 0 saturated carbocycles. The number of hydrogen-bond donors (Lipinski definition) is 2. The highest BCUT2D eigenvalue weighted by Crippen LogP contribution is 2.34. The molecular weight excluding hydrogens is 264 g/mol. The van der Waals surface area contributed by atoms with Crippen LogP contribution in [-0.2, 0) is 6.54 Å². The minimum absolute atomic E-state index is 0.232. The molecule has 21 heavy (non-hydrogen) atoms. The van der Waals surface area contributed by atoms with Crippen molar-refractivity contribution >= 4 is 22.4 Å². The van der Waals surface area contributed by atoms with E-state index in [0.717, 1.165) is 41.9 Å². The first-order chi connectivity index (χ1) is 10.3. The molecule has 0 spiro atoms. The maximum Gasteiger partial charge on any atom is 0.132 e. The van der Waals surface area contributed by atoms with Crippen LogP contribution >= 0.6 is 0 Å². The van der Waals surface area contributed by atoms with E-state index in [1.165, 1.54) is 5.56 Å². The van der Waals surface area contributed by atoms with Crippen molar-refractivity contribution in [3.63, 3.8) is 0 Å². The third-order valence-corrected chi connectivity index (χ3v) is 4.09. The Morgan fingerprint density at radius 1 is 1.43 bits per heavy atom. The average Bonchev–Trinajstić information content (AvgIpc) is 3.10. The van der Waals surface area contributed by atoms with Gasteiger partial charge in [-0.25, -0.2) is 4.68 Å². The Morgan fingerprint density at radius 3 is 3.14 bits per heavy atom. The van der Waals surface area contributed by atoms with Crippen molar-refractivity contribution in [2.24, 2.45) is 0 Å². The van der Waals surface area contributed by atoms with E-state index in [2.05, 4.69) is 28.2 Å². The van der Waals surface area contributed by atoms with Gasteiger partial charge in [0.15, 0.2) is 0 Å². The van der Waals surface area contributed by atoms with E-state index >= 15 is 0 Å². The monoisotopic (exact) mass is 282 g/mol. The van der Waals surface area contributed by atoms with Crippen LogP contribution in [0.25, 0.3) is 10.9 Å². The number of anilines is 2. The van der Waals surface area contributed by atoms with Crippen LogP contribution in [0.15, 0.2) is 30.6 Å². The van der Waals surface area contributed by atoms with Crippen molar-refractivity contribution in [3.05, 3.63) is 36.2 Å². The topological polar surface area (TPSA) is 73.7 Å². The Kier molecular flexibility index (Phi) is 2.63. The predicted octanol–water partition coefficient (Wildman–Crippen LogP) is 2.24. The second kappa shape index (κ2) is 4.51. The first-order valence-corrected chi connectivity index (χ1v) is 7.30. The van der Waals surface area contributed by atoms with Gasteiger partial charge in [-0.05, 0) is 31.5 Å². The zero-order chi connectivity index (χ0) is 14.4. The molecule has 0 saturated heterocycles. The van der Waals surface area contributed by atoms with Crippen molar-refractivity contribution in [1.29, 1.82) is 0 Å². The Morgan fingerprint density at radius 2 is 2.33 bits per heavy atom. The lowest BCUT2D eigenvalue weighted by Gasteiger charge is -2.25. The van der Waals surface area contributed by atoms with Crippen molar-refractivity contribution < 1.29 is 0 Å². The molecule has 1 aliphatic heterocycles. The summed E-state index contributed by atoms with van der Waals surface area (Å²) >= 11 is 0. The summed E-state index contributed by atoms with van der Waals surface area (Å²) in [6, 6.07) is 6.12. The second-order valence-electron chi connectivity index (χ2n) is 5.43. The lowest BCUT2D eigenvalue weighted by Crippen LogP contribution is -2.24. The Hall–Kier alpha value is -2.50. The van der Waals surface area contributed by atoms with Gasteiger partial charge in [-0.2, -0.15) is 10.2 Å². The van der Waals surface area contributed by atoms with Crippen LogP contribution in [-0.4, -0.2) is 26.1 Å². The van der Waals surface area contributed by atoms with Crippen LogP contribution in [0.5, 0.6) is 0 Å². The van der Waals surface area contributed by atoms with E-state index < -0.39 is 0 Å². The number of benzene rings is 1. The minimum atomic E-state index is 0.232. The quantitative estimate of drug-likeness (QED) is 0.707. The van der Waals surface area contributed by atoms with Gasteiger partial charge in [0.1, 0.15) is 5.82 Å². The number of hydrogen-bond acceptors (Lipinski definition) is 4. The lowest BCUT2D eigenvalue weighted by atomic mass is 10.1. The summed E-state index contributed by atoms with van der Waals surface area (Å²) in [6.45, 7) is 3.91. The van der Waals surface area contributed by atoms with Gasteiger partial charge in [-0.3, -0.25) is 4.68 Å². The molecule has 1 aliphatic rings. The van der Waals surface area contributed by atoms with Gasteiger partial charge in [-0.15, -0.1) is 0 Å². The highest BCUT2D eigenvalue weighted by Gasteiger charge is 2.25. The zero-order valence-electron chi connectivity index (χ0n) is 12.0. The molecule has 1 unspecified atom stereocenters. The van der Waals surface area contributed by atoms with Crippen molar-refractivity contribution in [2.75, 3.05) is 17.6 Å². The molecule has 6 nitrogen and oxygen atoms in total. The molecule has 6 heteroatoms. The van der Waals surface area contributed by atoms with Gasteiger partial charge in [0, 0.05) is 35.9 Å². The van der Waals surface area contributed by atoms with E-state index in [9.17, 15) is 0 Å². The first-order valence-electron chi connectivity index (χ1n) is 7.30. The van der Waals surface area contributed by atoms with Crippen molar-refractivity contribution in [3.8, 4) is 0 Å².